The Bertz CT molecular complexity index is 208. The lowest BCUT2D eigenvalue weighted by Gasteiger charge is -2.04. The molecule has 0 heterocycles. The van der Waals surface area contributed by atoms with Crippen LogP contribution in [0.4, 0.5) is 0 Å². The molecule has 0 radical (unpaired) electrons. The van der Waals surface area contributed by atoms with Crippen LogP contribution >= 0.6 is 12.6 Å². The molecule has 2 heteroatoms. The molecule has 0 spiro atoms. The van der Waals surface area contributed by atoms with Crippen LogP contribution in [0.3, 0.4) is 0 Å². The first-order chi connectivity index (χ1) is 12.9. The Labute approximate surface area is 171 Å². The molecule has 0 rings (SSSR count). The second-order valence-electron chi connectivity index (χ2n) is 8.23. The number of aliphatic hydroxyl groups is 1. The summed E-state index contributed by atoms with van der Waals surface area (Å²) in [5.41, 5.74) is 0. The lowest BCUT2D eigenvalue weighted by atomic mass is 10.0. The van der Waals surface area contributed by atoms with Gasteiger partial charge in [-0.15, -0.1) is 0 Å². The molecular formula is C24H50OS. The number of unbranched alkanes of at least 4 members (excludes halogenated alkanes) is 21. The number of aliphatic hydroxyl groups excluding tert-OH is 1. The Morgan fingerprint density at radius 2 is 0.500 bits per heavy atom. The molecule has 158 valence electrons. The molecule has 0 aromatic carbocycles. The fourth-order valence-electron chi connectivity index (χ4n) is 3.76. The molecule has 1 N–H and O–H groups in total. The van der Waals surface area contributed by atoms with Crippen LogP contribution in [0.2, 0.25) is 0 Å². The van der Waals surface area contributed by atoms with Gasteiger partial charge in [0, 0.05) is 6.61 Å². The van der Waals surface area contributed by atoms with Crippen LogP contribution in [-0.2, 0) is 0 Å². The van der Waals surface area contributed by atoms with Crippen molar-refractivity contribution in [1.29, 1.82) is 0 Å². The molecule has 0 unspecified atom stereocenters. The van der Waals surface area contributed by atoms with Crippen LogP contribution in [0.1, 0.15) is 141 Å². The largest absolute Gasteiger partial charge is 0.396 e. The zero-order valence-corrected chi connectivity index (χ0v) is 18.8. The van der Waals surface area contributed by atoms with Crippen LogP contribution in [0.15, 0.2) is 0 Å². The Morgan fingerprint density at radius 3 is 0.692 bits per heavy atom. The summed E-state index contributed by atoms with van der Waals surface area (Å²) in [4.78, 5) is 0. The quantitative estimate of drug-likeness (QED) is 0.133. The standard InChI is InChI=1S/C24H50OS/c25-23-21-19-17-15-13-11-9-7-5-3-1-2-4-6-8-10-12-14-16-18-20-22-24-26/h25-26H,1-24H2. The van der Waals surface area contributed by atoms with E-state index in [1.54, 1.807) is 0 Å². The van der Waals surface area contributed by atoms with Gasteiger partial charge < -0.3 is 5.11 Å². The molecule has 0 fully saturated rings. The van der Waals surface area contributed by atoms with Gasteiger partial charge in [-0.3, -0.25) is 0 Å². The molecule has 0 saturated heterocycles. The average Bonchev–Trinajstić information content (AvgIpc) is 2.66. The van der Waals surface area contributed by atoms with Gasteiger partial charge in [-0.05, 0) is 18.6 Å². The topological polar surface area (TPSA) is 20.2 Å². The Hall–Kier alpha value is 0.310. The van der Waals surface area contributed by atoms with E-state index in [1.165, 1.54) is 135 Å². The fourth-order valence-corrected chi connectivity index (χ4v) is 3.98. The summed E-state index contributed by atoms with van der Waals surface area (Å²) < 4.78 is 0. The molecule has 0 aliphatic rings. The first kappa shape index (κ1) is 26.3. The molecule has 1 nitrogen and oxygen atoms in total. The predicted molar refractivity (Wildman–Crippen MR) is 123 cm³/mol. The van der Waals surface area contributed by atoms with Crippen molar-refractivity contribution in [3.8, 4) is 0 Å². The summed E-state index contributed by atoms with van der Waals surface area (Å²) in [5, 5.41) is 8.73. The number of hydrogen-bond donors (Lipinski definition) is 2. The van der Waals surface area contributed by atoms with Gasteiger partial charge in [0.1, 0.15) is 0 Å². The first-order valence-corrected chi connectivity index (χ1v) is 12.8. The normalized spacial score (nSPS) is 11.3. The summed E-state index contributed by atoms with van der Waals surface area (Å²) in [6.07, 6.45) is 30.8. The van der Waals surface area contributed by atoms with Gasteiger partial charge in [0.25, 0.3) is 0 Å². The van der Waals surface area contributed by atoms with Crippen molar-refractivity contribution in [2.75, 3.05) is 12.4 Å². The number of hydrogen-bond acceptors (Lipinski definition) is 2. The van der Waals surface area contributed by atoms with Crippen LogP contribution in [0.5, 0.6) is 0 Å². The first-order valence-electron chi connectivity index (χ1n) is 12.1. The predicted octanol–water partition coefficient (Wildman–Crippen LogP) is 8.49. The zero-order valence-electron chi connectivity index (χ0n) is 17.9. The SMILES string of the molecule is OCCCCCCCCCCCCCCCCCCCCCCCCS. The van der Waals surface area contributed by atoms with Gasteiger partial charge in [-0.2, -0.15) is 12.6 Å². The van der Waals surface area contributed by atoms with E-state index < -0.39 is 0 Å². The van der Waals surface area contributed by atoms with E-state index in [0.717, 1.165) is 12.2 Å². The zero-order chi connectivity index (χ0) is 19.0. The summed E-state index contributed by atoms with van der Waals surface area (Å²) in [6.45, 7) is 0.372. The second-order valence-corrected chi connectivity index (χ2v) is 8.67. The van der Waals surface area contributed by atoms with Crippen molar-refractivity contribution in [3.63, 3.8) is 0 Å². The van der Waals surface area contributed by atoms with Gasteiger partial charge in [0.15, 0.2) is 0 Å². The lowest BCUT2D eigenvalue weighted by Crippen LogP contribution is -1.85. The minimum absolute atomic E-state index is 0.372. The smallest absolute Gasteiger partial charge is 0.0431 e. The third-order valence-electron chi connectivity index (χ3n) is 5.57. The van der Waals surface area contributed by atoms with Crippen molar-refractivity contribution < 1.29 is 5.11 Å². The number of rotatable bonds is 23. The van der Waals surface area contributed by atoms with Crippen molar-refractivity contribution >= 4 is 12.6 Å². The van der Waals surface area contributed by atoms with E-state index in [2.05, 4.69) is 12.6 Å². The van der Waals surface area contributed by atoms with E-state index in [9.17, 15) is 0 Å². The molecule has 0 aliphatic carbocycles. The van der Waals surface area contributed by atoms with E-state index >= 15 is 0 Å². The Balaban J connectivity index is 2.95. The van der Waals surface area contributed by atoms with Crippen LogP contribution < -0.4 is 0 Å². The molecule has 0 bridgehead atoms. The summed E-state index contributed by atoms with van der Waals surface area (Å²) in [7, 11) is 0. The highest BCUT2D eigenvalue weighted by Crippen LogP contribution is 2.15. The van der Waals surface area contributed by atoms with Gasteiger partial charge >= 0.3 is 0 Å². The van der Waals surface area contributed by atoms with Crippen LogP contribution in [0.25, 0.3) is 0 Å². The maximum Gasteiger partial charge on any atom is 0.0431 e. The summed E-state index contributed by atoms with van der Waals surface area (Å²) >= 11 is 4.26. The summed E-state index contributed by atoms with van der Waals surface area (Å²) in [5.74, 6) is 1.06. The van der Waals surface area contributed by atoms with E-state index in [0.29, 0.717) is 6.61 Å². The second kappa shape index (κ2) is 25.3. The minimum Gasteiger partial charge on any atom is -0.396 e. The summed E-state index contributed by atoms with van der Waals surface area (Å²) in [6, 6.07) is 0. The number of thiol groups is 1. The fraction of sp³-hybridized carbons (Fsp3) is 1.00. The molecule has 0 atom stereocenters. The van der Waals surface area contributed by atoms with Crippen molar-refractivity contribution in [2.45, 2.75) is 141 Å². The minimum atomic E-state index is 0.372. The van der Waals surface area contributed by atoms with Gasteiger partial charge in [-0.1, -0.05) is 128 Å². The molecule has 0 saturated carbocycles. The van der Waals surface area contributed by atoms with Crippen molar-refractivity contribution in [3.05, 3.63) is 0 Å². The van der Waals surface area contributed by atoms with Crippen molar-refractivity contribution in [2.24, 2.45) is 0 Å². The van der Waals surface area contributed by atoms with E-state index in [-0.39, 0.29) is 0 Å². The maximum absolute atomic E-state index is 8.73. The molecule has 0 aliphatic heterocycles. The lowest BCUT2D eigenvalue weighted by molar-refractivity contribution is 0.282. The molecule has 0 aromatic rings. The average molecular weight is 387 g/mol. The highest BCUT2D eigenvalue weighted by molar-refractivity contribution is 7.80. The molecule has 0 aromatic heterocycles. The molecular weight excluding hydrogens is 336 g/mol. The monoisotopic (exact) mass is 386 g/mol. The van der Waals surface area contributed by atoms with Crippen molar-refractivity contribution in [1.82, 2.24) is 0 Å². The van der Waals surface area contributed by atoms with Crippen LogP contribution in [0, 0.1) is 0 Å². The maximum atomic E-state index is 8.73. The molecule has 0 amide bonds. The third-order valence-corrected chi connectivity index (χ3v) is 5.88. The van der Waals surface area contributed by atoms with Gasteiger partial charge in [-0.25, -0.2) is 0 Å². The van der Waals surface area contributed by atoms with Gasteiger partial charge in [0.2, 0.25) is 0 Å². The third kappa shape index (κ3) is 24.3. The highest BCUT2D eigenvalue weighted by atomic mass is 32.1. The Kier molecular flexibility index (Phi) is 25.6. The Morgan fingerprint density at radius 1 is 0.308 bits per heavy atom. The van der Waals surface area contributed by atoms with E-state index in [1.807, 2.05) is 0 Å². The highest BCUT2D eigenvalue weighted by Gasteiger charge is 1.95. The van der Waals surface area contributed by atoms with Crippen LogP contribution in [-0.4, -0.2) is 17.5 Å². The van der Waals surface area contributed by atoms with E-state index in [4.69, 9.17) is 5.11 Å². The molecule has 26 heavy (non-hydrogen) atoms. The van der Waals surface area contributed by atoms with Gasteiger partial charge in [0.05, 0.1) is 0 Å².